The summed E-state index contributed by atoms with van der Waals surface area (Å²) in [7, 11) is 3.64. The molecule has 0 saturated carbocycles. The van der Waals surface area contributed by atoms with Gasteiger partial charge in [0.15, 0.2) is 5.82 Å². The number of fused-ring (bicyclic) bond motifs is 2. The fourth-order valence-electron chi connectivity index (χ4n) is 4.43. The third kappa shape index (κ3) is 4.27. The number of methoxy groups -OCH3 is 1. The topological polar surface area (TPSA) is 76.1 Å². The lowest BCUT2D eigenvalue weighted by Gasteiger charge is -2.21. The van der Waals surface area contributed by atoms with Gasteiger partial charge in [0.25, 0.3) is 0 Å². The molecule has 0 fully saturated rings. The Morgan fingerprint density at radius 3 is 2.32 bits per heavy atom. The molecule has 7 nitrogen and oxygen atoms in total. The Morgan fingerprint density at radius 2 is 1.54 bits per heavy atom. The van der Waals surface area contributed by atoms with E-state index in [1.54, 1.807) is 19.5 Å². The SMILES string of the molecule is COc1cnc2c(N(C)c3ccc(Nc4nnc(-c5ccccc5)c5ccccc45)cc3)ccnc2c1. The third-order valence-electron chi connectivity index (χ3n) is 6.38. The van der Waals surface area contributed by atoms with Gasteiger partial charge in [-0.25, -0.2) is 4.98 Å². The van der Waals surface area contributed by atoms with Gasteiger partial charge in [-0.3, -0.25) is 4.98 Å². The zero-order chi connectivity index (χ0) is 25.2. The number of pyridine rings is 2. The highest BCUT2D eigenvalue weighted by molar-refractivity contribution is 6.01. The van der Waals surface area contributed by atoms with Crippen molar-refractivity contribution in [1.29, 1.82) is 0 Å². The molecule has 0 saturated heterocycles. The standard InChI is InChI=1S/C30H24N6O/c1-36(27-16-17-31-26-18-23(37-2)19-32-29(26)27)22-14-12-21(13-15-22)33-30-25-11-7-6-10-24(25)28(34-35-30)20-8-4-3-5-9-20/h3-19H,1-2H3,(H,33,35). The number of benzene rings is 3. The van der Waals surface area contributed by atoms with E-state index < -0.39 is 0 Å². The summed E-state index contributed by atoms with van der Waals surface area (Å²) in [5, 5.41) is 14.6. The molecule has 0 spiro atoms. The van der Waals surface area contributed by atoms with Crippen molar-refractivity contribution in [2.45, 2.75) is 0 Å². The molecular weight excluding hydrogens is 460 g/mol. The quantitative estimate of drug-likeness (QED) is 0.280. The summed E-state index contributed by atoms with van der Waals surface area (Å²) < 4.78 is 5.29. The molecule has 3 heterocycles. The molecule has 0 unspecified atom stereocenters. The number of hydrogen-bond donors (Lipinski definition) is 1. The molecule has 0 aliphatic heterocycles. The number of hydrogen-bond acceptors (Lipinski definition) is 7. The zero-order valence-electron chi connectivity index (χ0n) is 20.5. The van der Waals surface area contributed by atoms with E-state index in [2.05, 4.69) is 66.8 Å². The van der Waals surface area contributed by atoms with E-state index in [1.807, 2.05) is 61.6 Å². The second-order valence-electron chi connectivity index (χ2n) is 8.61. The van der Waals surface area contributed by atoms with Crippen LogP contribution in [0.15, 0.2) is 103 Å². The Bertz CT molecular complexity index is 1700. The minimum absolute atomic E-state index is 0.683. The second-order valence-corrected chi connectivity index (χ2v) is 8.61. The Hall–Kier alpha value is -5.04. The molecule has 180 valence electrons. The number of ether oxygens (including phenoxy) is 1. The smallest absolute Gasteiger partial charge is 0.161 e. The molecule has 37 heavy (non-hydrogen) atoms. The van der Waals surface area contributed by atoms with Crippen molar-refractivity contribution in [1.82, 2.24) is 20.2 Å². The first kappa shape index (κ1) is 22.4. The number of anilines is 4. The molecule has 1 N–H and O–H groups in total. The van der Waals surface area contributed by atoms with Crippen LogP contribution in [-0.2, 0) is 0 Å². The molecule has 3 aromatic heterocycles. The maximum Gasteiger partial charge on any atom is 0.161 e. The van der Waals surface area contributed by atoms with Crippen molar-refractivity contribution in [2.24, 2.45) is 0 Å². The summed E-state index contributed by atoms with van der Waals surface area (Å²) in [5.41, 5.74) is 6.41. The lowest BCUT2D eigenvalue weighted by Crippen LogP contribution is -2.10. The van der Waals surface area contributed by atoms with Gasteiger partial charge in [0.1, 0.15) is 17.0 Å². The van der Waals surface area contributed by atoms with Crippen LogP contribution in [-0.4, -0.2) is 34.3 Å². The molecule has 6 rings (SSSR count). The second kappa shape index (κ2) is 9.54. The van der Waals surface area contributed by atoms with Crippen LogP contribution in [0.2, 0.25) is 0 Å². The number of nitrogens with zero attached hydrogens (tertiary/aromatic N) is 5. The van der Waals surface area contributed by atoms with E-state index in [9.17, 15) is 0 Å². The minimum Gasteiger partial charge on any atom is -0.495 e. The summed E-state index contributed by atoms with van der Waals surface area (Å²) in [6.45, 7) is 0. The number of nitrogens with one attached hydrogen (secondary N) is 1. The van der Waals surface area contributed by atoms with E-state index in [-0.39, 0.29) is 0 Å². The third-order valence-corrected chi connectivity index (χ3v) is 6.38. The highest BCUT2D eigenvalue weighted by atomic mass is 16.5. The Balaban J connectivity index is 1.29. The summed E-state index contributed by atoms with van der Waals surface area (Å²) in [6.07, 6.45) is 3.50. The van der Waals surface area contributed by atoms with Crippen molar-refractivity contribution in [3.63, 3.8) is 0 Å². The molecule has 0 amide bonds. The van der Waals surface area contributed by atoms with Crippen molar-refractivity contribution >= 4 is 44.7 Å². The zero-order valence-corrected chi connectivity index (χ0v) is 20.5. The minimum atomic E-state index is 0.683. The van der Waals surface area contributed by atoms with Gasteiger partial charge in [0.05, 0.1) is 24.5 Å². The van der Waals surface area contributed by atoms with Crippen molar-refractivity contribution in [3.8, 4) is 17.0 Å². The average Bonchev–Trinajstić information content (AvgIpc) is 2.97. The molecule has 0 aliphatic rings. The van der Waals surface area contributed by atoms with E-state index in [0.29, 0.717) is 5.75 Å². The number of rotatable bonds is 6. The van der Waals surface area contributed by atoms with Crippen LogP contribution in [0.25, 0.3) is 33.1 Å². The van der Waals surface area contributed by atoms with Crippen LogP contribution in [0.3, 0.4) is 0 Å². The molecule has 0 bridgehead atoms. The molecule has 7 heteroatoms. The lowest BCUT2D eigenvalue weighted by atomic mass is 10.0. The Morgan fingerprint density at radius 1 is 0.784 bits per heavy atom. The maximum absolute atomic E-state index is 5.29. The van der Waals surface area contributed by atoms with Crippen LogP contribution in [0.4, 0.5) is 22.9 Å². The molecule has 0 aliphatic carbocycles. The van der Waals surface area contributed by atoms with E-state index in [1.165, 1.54) is 0 Å². The first-order valence-electron chi connectivity index (χ1n) is 11.9. The monoisotopic (exact) mass is 484 g/mol. The largest absolute Gasteiger partial charge is 0.495 e. The number of aromatic nitrogens is 4. The molecule has 3 aromatic carbocycles. The average molecular weight is 485 g/mol. The molecule has 0 radical (unpaired) electrons. The Kier molecular flexibility index (Phi) is 5.78. The fraction of sp³-hybridized carbons (Fsp3) is 0.0667. The highest BCUT2D eigenvalue weighted by Gasteiger charge is 2.13. The highest BCUT2D eigenvalue weighted by Crippen LogP contribution is 2.33. The summed E-state index contributed by atoms with van der Waals surface area (Å²) >= 11 is 0. The van der Waals surface area contributed by atoms with Gasteiger partial charge in [-0.2, -0.15) is 0 Å². The van der Waals surface area contributed by atoms with Crippen molar-refractivity contribution in [3.05, 3.63) is 103 Å². The summed E-state index contributed by atoms with van der Waals surface area (Å²) in [5.74, 6) is 1.40. The molecule has 6 aromatic rings. The first-order chi connectivity index (χ1) is 18.2. The van der Waals surface area contributed by atoms with Crippen LogP contribution in [0.5, 0.6) is 5.75 Å². The van der Waals surface area contributed by atoms with Gasteiger partial charge in [0, 0.05) is 47.0 Å². The van der Waals surface area contributed by atoms with E-state index in [4.69, 9.17) is 4.74 Å². The normalized spacial score (nSPS) is 11.0. The van der Waals surface area contributed by atoms with Crippen LogP contribution in [0.1, 0.15) is 0 Å². The predicted octanol–water partition coefficient (Wildman–Crippen LogP) is 6.76. The van der Waals surface area contributed by atoms with Gasteiger partial charge in [-0.05, 0) is 30.3 Å². The van der Waals surface area contributed by atoms with Gasteiger partial charge < -0.3 is 15.0 Å². The predicted molar refractivity (Wildman–Crippen MR) is 149 cm³/mol. The van der Waals surface area contributed by atoms with E-state index in [0.717, 1.165) is 55.9 Å². The summed E-state index contributed by atoms with van der Waals surface area (Å²) in [6, 6.07) is 30.4. The fourth-order valence-corrected chi connectivity index (χ4v) is 4.43. The van der Waals surface area contributed by atoms with Gasteiger partial charge in [-0.15, -0.1) is 10.2 Å². The van der Waals surface area contributed by atoms with Gasteiger partial charge in [-0.1, -0.05) is 54.6 Å². The van der Waals surface area contributed by atoms with Crippen molar-refractivity contribution < 1.29 is 4.74 Å². The van der Waals surface area contributed by atoms with Gasteiger partial charge in [0.2, 0.25) is 0 Å². The van der Waals surface area contributed by atoms with Crippen LogP contribution < -0.4 is 15.0 Å². The lowest BCUT2D eigenvalue weighted by molar-refractivity contribution is 0.413. The molecular formula is C30H24N6O. The molecule has 0 atom stereocenters. The van der Waals surface area contributed by atoms with Crippen molar-refractivity contribution in [2.75, 3.05) is 24.4 Å². The Labute approximate surface area is 214 Å². The van der Waals surface area contributed by atoms with E-state index >= 15 is 0 Å². The van der Waals surface area contributed by atoms with Crippen LogP contribution >= 0.6 is 0 Å². The summed E-state index contributed by atoms with van der Waals surface area (Å²) in [4.78, 5) is 11.1. The first-order valence-corrected chi connectivity index (χ1v) is 11.9. The van der Waals surface area contributed by atoms with Crippen LogP contribution in [0, 0.1) is 0 Å². The van der Waals surface area contributed by atoms with Gasteiger partial charge >= 0.3 is 0 Å². The maximum atomic E-state index is 5.29.